The summed E-state index contributed by atoms with van der Waals surface area (Å²) in [7, 11) is 0. The molecule has 6 nitrogen and oxygen atoms in total. The normalized spacial score (nSPS) is 16.2. The fourth-order valence-electron chi connectivity index (χ4n) is 2.56. The van der Waals surface area contributed by atoms with Crippen LogP contribution in [0.4, 0.5) is 0 Å². The molecule has 0 unspecified atom stereocenters. The number of rotatable bonds is 4. The van der Waals surface area contributed by atoms with Gasteiger partial charge in [0, 0.05) is 38.6 Å². The minimum Gasteiger partial charge on any atom is -0.379 e. The maximum absolute atomic E-state index is 12.3. The van der Waals surface area contributed by atoms with Gasteiger partial charge in [-0.25, -0.2) is 4.98 Å². The minimum absolute atomic E-state index is 0.0699. The summed E-state index contributed by atoms with van der Waals surface area (Å²) in [6.45, 7) is 6.84. The Bertz CT molecular complexity index is 632. The number of imidazole rings is 1. The predicted molar refractivity (Wildman–Crippen MR) is 79.5 cm³/mol. The maximum Gasteiger partial charge on any atom is 0.255 e. The fraction of sp³-hybridized carbons (Fsp3) is 0.467. The van der Waals surface area contributed by atoms with Gasteiger partial charge in [0.25, 0.3) is 5.91 Å². The molecule has 3 rings (SSSR count). The van der Waals surface area contributed by atoms with Crippen molar-refractivity contribution in [2.24, 2.45) is 0 Å². The molecule has 0 radical (unpaired) electrons. The molecule has 0 atom stereocenters. The lowest BCUT2D eigenvalue weighted by Gasteiger charge is -2.26. The highest BCUT2D eigenvalue weighted by Crippen LogP contribution is 2.10. The largest absolute Gasteiger partial charge is 0.379 e. The Morgan fingerprint density at radius 3 is 3.05 bits per heavy atom. The van der Waals surface area contributed by atoms with Gasteiger partial charge < -0.3 is 14.5 Å². The second-order valence-corrected chi connectivity index (χ2v) is 5.24. The molecule has 1 aliphatic rings. The number of aryl methyl sites for hydroxylation is 1. The smallest absolute Gasteiger partial charge is 0.255 e. The van der Waals surface area contributed by atoms with Gasteiger partial charge in [0.05, 0.1) is 24.5 Å². The lowest BCUT2D eigenvalue weighted by molar-refractivity contribution is 0.0383. The number of amides is 1. The fourth-order valence-corrected chi connectivity index (χ4v) is 2.56. The van der Waals surface area contributed by atoms with Crippen LogP contribution in [-0.2, 0) is 4.74 Å². The average molecular weight is 288 g/mol. The summed E-state index contributed by atoms with van der Waals surface area (Å²) in [6, 6.07) is 3.68. The lowest BCUT2D eigenvalue weighted by Crippen LogP contribution is -2.41. The summed E-state index contributed by atoms with van der Waals surface area (Å²) in [5, 5.41) is 2.97. The van der Waals surface area contributed by atoms with Crippen LogP contribution in [0.5, 0.6) is 0 Å². The number of nitrogens with zero attached hydrogens (tertiary/aromatic N) is 3. The summed E-state index contributed by atoms with van der Waals surface area (Å²) in [6.07, 6.45) is 3.82. The molecule has 2 aromatic heterocycles. The average Bonchev–Trinajstić information content (AvgIpc) is 2.88. The van der Waals surface area contributed by atoms with Crippen molar-refractivity contribution in [3.63, 3.8) is 0 Å². The van der Waals surface area contributed by atoms with Crippen molar-refractivity contribution in [3.05, 3.63) is 35.8 Å². The predicted octanol–water partition coefficient (Wildman–Crippen LogP) is 0.705. The van der Waals surface area contributed by atoms with E-state index in [2.05, 4.69) is 15.2 Å². The highest BCUT2D eigenvalue weighted by molar-refractivity contribution is 5.99. The number of carbonyl (C=O) groups excluding carboxylic acids is 1. The molecule has 0 saturated carbocycles. The van der Waals surface area contributed by atoms with Crippen molar-refractivity contribution in [1.29, 1.82) is 0 Å². The number of morpholine rings is 1. The van der Waals surface area contributed by atoms with E-state index in [1.165, 1.54) is 0 Å². The third-order valence-electron chi connectivity index (χ3n) is 3.67. The number of fused-ring (bicyclic) bond motifs is 1. The molecular weight excluding hydrogens is 268 g/mol. The van der Waals surface area contributed by atoms with Crippen LogP contribution in [0.3, 0.4) is 0 Å². The Morgan fingerprint density at radius 2 is 2.24 bits per heavy atom. The van der Waals surface area contributed by atoms with Crippen LogP contribution in [0.25, 0.3) is 5.65 Å². The first-order valence-electron chi connectivity index (χ1n) is 7.26. The molecule has 0 aromatic carbocycles. The highest BCUT2D eigenvalue weighted by Gasteiger charge is 2.13. The molecule has 1 fully saturated rings. The second-order valence-electron chi connectivity index (χ2n) is 5.24. The number of hydrogen-bond acceptors (Lipinski definition) is 4. The number of ether oxygens (including phenoxy) is 1. The van der Waals surface area contributed by atoms with Crippen LogP contribution in [0.1, 0.15) is 16.1 Å². The van der Waals surface area contributed by atoms with Crippen molar-refractivity contribution in [2.45, 2.75) is 6.92 Å². The maximum atomic E-state index is 12.3. The first-order chi connectivity index (χ1) is 10.2. The Morgan fingerprint density at radius 1 is 1.43 bits per heavy atom. The van der Waals surface area contributed by atoms with Crippen LogP contribution in [-0.4, -0.2) is 59.6 Å². The van der Waals surface area contributed by atoms with Gasteiger partial charge in [0.2, 0.25) is 0 Å². The number of nitrogens with one attached hydrogen (secondary N) is 1. The summed E-state index contributed by atoms with van der Waals surface area (Å²) in [5.74, 6) is -0.0699. The van der Waals surface area contributed by atoms with E-state index in [0.29, 0.717) is 17.8 Å². The molecule has 112 valence electrons. The second kappa shape index (κ2) is 6.24. The van der Waals surface area contributed by atoms with E-state index in [-0.39, 0.29) is 5.91 Å². The van der Waals surface area contributed by atoms with Crippen molar-refractivity contribution in [3.8, 4) is 0 Å². The van der Waals surface area contributed by atoms with Gasteiger partial charge >= 0.3 is 0 Å². The zero-order valence-electron chi connectivity index (χ0n) is 12.2. The molecule has 1 amide bonds. The van der Waals surface area contributed by atoms with Crippen molar-refractivity contribution in [1.82, 2.24) is 19.6 Å². The standard InChI is InChI=1S/C15H20N4O2/c1-12-11-19-5-2-3-13(14(19)17-12)15(20)16-4-6-18-7-9-21-10-8-18/h2-3,5,11H,4,6-10H2,1H3,(H,16,20). The van der Waals surface area contributed by atoms with Gasteiger partial charge in [-0.1, -0.05) is 0 Å². The van der Waals surface area contributed by atoms with E-state index in [4.69, 9.17) is 4.74 Å². The third kappa shape index (κ3) is 3.22. The van der Waals surface area contributed by atoms with E-state index in [0.717, 1.165) is 38.5 Å². The molecule has 0 aliphatic carbocycles. The molecule has 1 N–H and O–H groups in total. The molecule has 0 spiro atoms. The van der Waals surface area contributed by atoms with E-state index < -0.39 is 0 Å². The zero-order chi connectivity index (χ0) is 14.7. The lowest BCUT2D eigenvalue weighted by atomic mass is 10.2. The summed E-state index contributed by atoms with van der Waals surface area (Å²) in [5.41, 5.74) is 2.23. The molecule has 21 heavy (non-hydrogen) atoms. The molecular formula is C15H20N4O2. The van der Waals surface area contributed by atoms with Crippen LogP contribution in [0.2, 0.25) is 0 Å². The SMILES string of the molecule is Cc1cn2cccc(C(=O)NCCN3CCOCC3)c2n1. The first kappa shape index (κ1) is 14.0. The number of aromatic nitrogens is 2. The van der Waals surface area contributed by atoms with Crippen molar-refractivity contribution < 1.29 is 9.53 Å². The van der Waals surface area contributed by atoms with Gasteiger partial charge in [-0.15, -0.1) is 0 Å². The third-order valence-corrected chi connectivity index (χ3v) is 3.67. The molecule has 2 aromatic rings. The topological polar surface area (TPSA) is 58.9 Å². The zero-order valence-corrected chi connectivity index (χ0v) is 12.2. The van der Waals surface area contributed by atoms with E-state index in [1.807, 2.05) is 35.9 Å². The Labute approximate surface area is 123 Å². The van der Waals surface area contributed by atoms with Gasteiger partial charge in [-0.05, 0) is 19.1 Å². The van der Waals surface area contributed by atoms with Crippen molar-refractivity contribution in [2.75, 3.05) is 39.4 Å². The number of hydrogen-bond donors (Lipinski definition) is 1. The number of pyridine rings is 1. The monoisotopic (exact) mass is 288 g/mol. The van der Waals surface area contributed by atoms with Gasteiger partial charge in [-0.2, -0.15) is 0 Å². The first-order valence-corrected chi connectivity index (χ1v) is 7.26. The Hall–Kier alpha value is -1.92. The summed E-state index contributed by atoms with van der Waals surface area (Å²) < 4.78 is 7.19. The molecule has 1 aliphatic heterocycles. The molecule has 3 heterocycles. The van der Waals surface area contributed by atoms with Gasteiger partial charge in [0.15, 0.2) is 0 Å². The summed E-state index contributed by atoms with van der Waals surface area (Å²) >= 11 is 0. The highest BCUT2D eigenvalue weighted by atomic mass is 16.5. The Kier molecular flexibility index (Phi) is 4.17. The van der Waals surface area contributed by atoms with Crippen LogP contribution in [0, 0.1) is 6.92 Å². The molecule has 1 saturated heterocycles. The molecule has 0 bridgehead atoms. The minimum atomic E-state index is -0.0699. The van der Waals surface area contributed by atoms with Gasteiger partial charge in [0.1, 0.15) is 5.65 Å². The number of carbonyl (C=O) groups is 1. The summed E-state index contributed by atoms with van der Waals surface area (Å²) in [4.78, 5) is 19.0. The van der Waals surface area contributed by atoms with Gasteiger partial charge in [-0.3, -0.25) is 9.69 Å². The van der Waals surface area contributed by atoms with Crippen LogP contribution < -0.4 is 5.32 Å². The quantitative estimate of drug-likeness (QED) is 0.900. The molecule has 6 heteroatoms. The van der Waals surface area contributed by atoms with E-state index in [9.17, 15) is 4.79 Å². The van der Waals surface area contributed by atoms with Crippen molar-refractivity contribution >= 4 is 11.6 Å². The van der Waals surface area contributed by atoms with Crippen LogP contribution >= 0.6 is 0 Å². The van der Waals surface area contributed by atoms with Crippen LogP contribution in [0.15, 0.2) is 24.5 Å². The van der Waals surface area contributed by atoms with E-state index in [1.54, 1.807) is 0 Å². The van der Waals surface area contributed by atoms with E-state index >= 15 is 0 Å². The Balaban J connectivity index is 1.61.